The molecule has 19 heavy (non-hydrogen) atoms. The van der Waals surface area contributed by atoms with Crippen molar-refractivity contribution in [2.75, 3.05) is 0 Å². The maximum atomic E-state index is 10.5. The molecule has 0 aliphatic heterocycles. The third-order valence-corrected chi connectivity index (χ3v) is 3.60. The number of hydrogen-bond donors (Lipinski definition) is 1. The van der Waals surface area contributed by atoms with Crippen LogP contribution in [0.15, 0.2) is 24.5 Å². The zero-order valence-electron chi connectivity index (χ0n) is 12.1. The summed E-state index contributed by atoms with van der Waals surface area (Å²) >= 11 is 0. The van der Waals surface area contributed by atoms with Gasteiger partial charge in [0.05, 0.1) is 6.20 Å². The largest absolute Gasteiger partial charge is 0.384 e. The number of nitrogens with zero attached hydrogens (tertiary/aromatic N) is 2. The van der Waals surface area contributed by atoms with Gasteiger partial charge < -0.3 is 5.11 Å². The summed E-state index contributed by atoms with van der Waals surface area (Å²) in [5.41, 5.74) is 5.42. The Balaban J connectivity index is 2.32. The van der Waals surface area contributed by atoms with Crippen LogP contribution in [0.4, 0.5) is 0 Å². The van der Waals surface area contributed by atoms with E-state index in [4.69, 9.17) is 0 Å². The smallest absolute Gasteiger partial charge is 0.107 e. The molecule has 1 unspecified atom stereocenters. The molecule has 3 nitrogen and oxygen atoms in total. The van der Waals surface area contributed by atoms with Gasteiger partial charge in [0.25, 0.3) is 0 Å². The highest BCUT2D eigenvalue weighted by molar-refractivity contribution is 5.40. The quantitative estimate of drug-likeness (QED) is 0.913. The van der Waals surface area contributed by atoms with Crippen molar-refractivity contribution in [1.82, 2.24) is 9.78 Å². The van der Waals surface area contributed by atoms with Gasteiger partial charge in [-0.25, -0.2) is 0 Å². The van der Waals surface area contributed by atoms with Crippen LogP contribution in [0.25, 0.3) is 0 Å². The number of hydrogen-bond acceptors (Lipinski definition) is 2. The fraction of sp³-hybridized carbons (Fsp3) is 0.438. The molecule has 102 valence electrons. The zero-order chi connectivity index (χ0) is 14.0. The monoisotopic (exact) mass is 258 g/mol. The summed E-state index contributed by atoms with van der Waals surface area (Å²) in [7, 11) is 0. The SMILES string of the molecule is CCCn1cc(C(O)c2cc(C)c(C)cc2C)cn1. The van der Waals surface area contributed by atoms with Crippen LogP contribution < -0.4 is 0 Å². The topological polar surface area (TPSA) is 38.0 Å². The van der Waals surface area contributed by atoms with E-state index in [1.54, 1.807) is 6.20 Å². The Kier molecular flexibility index (Phi) is 4.05. The molecule has 2 rings (SSSR count). The van der Waals surface area contributed by atoms with E-state index in [1.165, 1.54) is 11.1 Å². The van der Waals surface area contributed by atoms with Crippen LogP contribution in [0.2, 0.25) is 0 Å². The number of aliphatic hydroxyl groups excluding tert-OH is 1. The van der Waals surface area contributed by atoms with Crippen molar-refractivity contribution in [3.63, 3.8) is 0 Å². The Morgan fingerprint density at radius 1 is 1.16 bits per heavy atom. The van der Waals surface area contributed by atoms with Crippen LogP contribution in [-0.4, -0.2) is 14.9 Å². The summed E-state index contributed by atoms with van der Waals surface area (Å²) in [5, 5.41) is 14.8. The minimum atomic E-state index is -0.593. The van der Waals surface area contributed by atoms with E-state index in [2.05, 4.69) is 38.0 Å². The number of aryl methyl sites for hydroxylation is 4. The van der Waals surface area contributed by atoms with E-state index >= 15 is 0 Å². The number of benzene rings is 1. The molecule has 0 spiro atoms. The number of rotatable bonds is 4. The molecule has 1 N–H and O–H groups in total. The maximum Gasteiger partial charge on any atom is 0.107 e. The molecule has 0 radical (unpaired) electrons. The lowest BCUT2D eigenvalue weighted by atomic mass is 9.95. The first-order valence-electron chi connectivity index (χ1n) is 6.81. The van der Waals surface area contributed by atoms with E-state index in [9.17, 15) is 5.11 Å². The van der Waals surface area contributed by atoms with Gasteiger partial charge in [-0.2, -0.15) is 5.10 Å². The van der Waals surface area contributed by atoms with E-state index in [0.29, 0.717) is 0 Å². The van der Waals surface area contributed by atoms with Gasteiger partial charge in [0, 0.05) is 18.3 Å². The van der Waals surface area contributed by atoms with Crippen LogP contribution in [0.5, 0.6) is 0 Å². The first kappa shape index (κ1) is 13.8. The predicted molar refractivity (Wildman–Crippen MR) is 77.2 cm³/mol. The summed E-state index contributed by atoms with van der Waals surface area (Å²) in [6.45, 7) is 9.22. The summed E-state index contributed by atoms with van der Waals surface area (Å²) in [6, 6.07) is 4.21. The molecule has 0 aliphatic rings. The van der Waals surface area contributed by atoms with Crippen molar-refractivity contribution < 1.29 is 5.11 Å². The number of aromatic nitrogens is 2. The van der Waals surface area contributed by atoms with Crippen LogP contribution in [0.3, 0.4) is 0 Å². The van der Waals surface area contributed by atoms with E-state index < -0.39 is 6.10 Å². The highest BCUT2D eigenvalue weighted by Crippen LogP contribution is 2.26. The lowest BCUT2D eigenvalue weighted by Crippen LogP contribution is -2.03. The van der Waals surface area contributed by atoms with Gasteiger partial charge in [0.1, 0.15) is 6.10 Å². The Hall–Kier alpha value is -1.61. The molecule has 1 heterocycles. The molecule has 2 aromatic rings. The van der Waals surface area contributed by atoms with Gasteiger partial charge >= 0.3 is 0 Å². The molecule has 0 saturated heterocycles. The van der Waals surface area contributed by atoms with Crippen molar-refractivity contribution in [3.8, 4) is 0 Å². The molecule has 1 aromatic carbocycles. The predicted octanol–water partition coefficient (Wildman–Crippen LogP) is 3.30. The Bertz CT molecular complexity index is 572. The maximum absolute atomic E-state index is 10.5. The van der Waals surface area contributed by atoms with Crippen molar-refractivity contribution in [2.24, 2.45) is 0 Å². The minimum absolute atomic E-state index is 0.593. The summed E-state index contributed by atoms with van der Waals surface area (Å²) < 4.78 is 1.88. The van der Waals surface area contributed by atoms with Crippen LogP contribution in [0.1, 0.15) is 47.3 Å². The summed E-state index contributed by atoms with van der Waals surface area (Å²) in [4.78, 5) is 0. The second kappa shape index (κ2) is 5.57. The lowest BCUT2D eigenvalue weighted by molar-refractivity contribution is 0.219. The summed E-state index contributed by atoms with van der Waals surface area (Å²) in [6.07, 6.45) is 4.14. The van der Waals surface area contributed by atoms with Crippen LogP contribution in [0, 0.1) is 20.8 Å². The first-order chi connectivity index (χ1) is 9.02. The minimum Gasteiger partial charge on any atom is -0.384 e. The van der Waals surface area contributed by atoms with Gasteiger partial charge in [-0.3, -0.25) is 4.68 Å². The van der Waals surface area contributed by atoms with Crippen molar-refractivity contribution in [1.29, 1.82) is 0 Å². The fourth-order valence-electron chi connectivity index (χ4n) is 2.33. The fourth-order valence-corrected chi connectivity index (χ4v) is 2.33. The molecule has 0 amide bonds. The highest BCUT2D eigenvalue weighted by Gasteiger charge is 2.15. The third kappa shape index (κ3) is 2.87. The molecule has 0 fully saturated rings. The van der Waals surface area contributed by atoms with E-state index in [-0.39, 0.29) is 0 Å². The van der Waals surface area contributed by atoms with Crippen molar-refractivity contribution in [3.05, 3.63) is 52.3 Å². The average Bonchev–Trinajstić information content (AvgIpc) is 2.82. The van der Waals surface area contributed by atoms with E-state index in [0.717, 1.165) is 29.7 Å². The average molecular weight is 258 g/mol. The highest BCUT2D eigenvalue weighted by atomic mass is 16.3. The van der Waals surface area contributed by atoms with Gasteiger partial charge in [-0.15, -0.1) is 0 Å². The van der Waals surface area contributed by atoms with Gasteiger partial charge in [0.15, 0.2) is 0 Å². The van der Waals surface area contributed by atoms with Crippen molar-refractivity contribution >= 4 is 0 Å². The summed E-state index contributed by atoms with van der Waals surface area (Å²) in [5.74, 6) is 0. The molecule has 3 heteroatoms. The van der Waals surface area contributed by atoms with Crippen LogP contribution >= 0.6 is 0 Å². The molecule has 1 aromatic heterocycles. The Morgan fingerprint density at radius 3 is 2.53 bits per heavy atom. The molecular formula is C16H22N2O. The van der Waals surface area contributed by atoms with Gasteiger partial charge in [-0.1, -0.05) is 19.1 Å². The standard InChI is InChI=1S/C16H22N2O/c1-5-6-18-10-14(9-17-18)16(19)15-8-12(3)11(2)7-13(15)4/h7-10,16,19H,5-6H2,1-4H3. The second-order valence-corrected chi connectivity index (χ2v) is 5.23. The zero-order valence-corrected chi connectivity index (χ0v) is 12.1. The molecule has 0 saturated carbocycles. The Labute approximate surface area is 114 Å². The van der Waals surface area contributed by atoms with Gasteiger partial charge in [-0.05, 0) is 49.4 Å². The molecule has 1 atom stereocenters. The molecular weight excluding hydrogens is 236 g/mol. The van der Waals surface area contributed by atoms with Crippen LogP contribution in [-0.2, 0) is 6.54 Å². The first-order valence-corrected chi connectivity index (χ1v) is 6.81. The lowest BCUT2D eigenvalue weighted by Gasteiger charge is -2.14. The molecule has 0 bridgehead atoms. The normalized spacial score (nSPS) is 12.7. The number of aliphatic hydroxyl groups is 1. The van der Waals surface area contributed by atoms with Gasteiger partial charge in [0.2, 0.25) is 0 Å². The van der Waals surface area contributed by atoms with Crippen molar-refractivity contribution in [2.45, 2.75) is 46.8 Å². The van der Waals surface area contributed by atoms with E-state index in [1.807, 2.05) is 17.8 Å². The Morgan fingerprint density at radius 2 is 1.84 bits per heavy atom. The molecule has 0 aliphatic carbocycles. The third-order valence-electron chi connectivity index (χ3n) is 3.60. The second-order valence-electron chi connectivity index (χ2n) is 5.23.